The van der Waals surface area contributed by atoms with Crippen LogP contribution in [0, 0.1) is 11.6 Å². The molecule has 0 radical (unpaired) electrons. The Labute approximate surface area is 106 Å². The van der Waals surface area contributed by atoms with Crippen LogP contribution in [0.1, 0.15) is 16.1 Å². The number of nitrogens with one attached hydrogen (secondary N) is 1. The molecule has 1 heterocycles. The molecule has 1 aromatic carbocycles. The van der Waals surface area contributed by atoms with E-state index in [1.165, 1.54) is 12.3 Å². The first-order valence-corrected chi connectivity index (χ1v) is 5.29. The third-order valence-corrected chi connectivity index (χ3v) is 2.35. The zero-order chi connectivity index (χ0) is 13.8. The minimum atomic E-state index is -1.18. The molecule has 0 aliphatic carbocycles. The molecule has 0 atom stereocenters. The summed E-state index contributed by atoms with van der Waals surface area (Å²) in [5, 5.41) is 11.4. The molecular weight excluding hydrogens is 256 g/mol. The number of nitrogens with zero attached hydrogens (tertiary/aromatic N) is 2. The highest BCUT2D eigenvalue weighted by molar-refractivity contribution is 5.84. The quantitative estimate of drug-likeness (QED) is 0.885. The van der Waals surface area contributed by atoms with Gasteiger partial charge in [0.25, 0.3) is 0 Å². The van der Waals surface area contributed by atoms with E-state index >= 15 is 0 Å². The topological polar surface area (TPSA) is 75.1 Å². The zero-order valence-corrected chi connectivity index (χ0v) is 9.60. The van der Waals surface area contributed by atoms with Gasteiger partial charge in [0.05, 0.1) is 12.4 Å². The van der Waals surface area contributed by atoms with E-state index < -0.39 is 17.6 Å². The van der Waals surface area contributed by atoms with Crippen molar-refractivity contribution >= 4 is 11.8 Å². The van der Waals surface area contributed by atoms with Gasteiger partial charge in [-0.25, -0.2) is 23.5 Å². The Bertz CT molecular complexity index is 602. The molecule has 19 heavy (non-hydrogen) atoms. The number of halogens is 2. The number of carboxylic acids is 1. The third-order valence-electron chi connectivity index (χ3n) is 2.35. The van der Waals surface area contributed by atoms with Gasteiger partial charge in [-0.1, -0.05) is 6.07 Å². The smallest absolute Gasteiger partial charge is 0.356 e. The van der Waals surface area contributed by atoms with Crippen molar-refractivity contribution in [1.82, 2.24) is 9.97 Å². The lowest BCUT2D eigenvalue weighted by Crippen LogP contribution is -2.06. The van der Waals surface area contributed by atoms with Crippen LogP contribution in [0.4, 0.5) is 14.6 Å². The van der Waals surface area contributed by atoms with Crippen LogP contribution in [0.15, 0.2) is 30.6 Å². The second-order valence-electron chi connectivity index (χ2n) is 3.68. The fraction of sp³-hybridized carbons (Fsp3) is 0.0833. The van der Waals surface area contributed by atoms with Crippen LogP contribution in [0.5, 0.6) is 0 Å². The largest absolute Gasteiger partial charge is 0.476 e. The Balaban J connectivity index is 2.04. The molecule has 0 spiro atoms. The first kappa shape index (κ1) is 12.9. The van der Waals surface area contributed by atoms with E-state index in [1.54, 1.807) is 0 Å². The Hall–Kier alpha value is -2.57. The Morgan fingerprint density at radius 2 is 2.05 bits per heavy atom. The Kier molecular flexibility index (Phi) is 3.65. The molecule has 7 heteroatoms. The maximum absolute atomic E-state index is 13.3. The molecule has 0 unspecified atom stereocenters. The molecule has 0 saturated heterocycles. The van der Waals surface area contributed by atoms with Gasteiger partial charge in [-0.05, 0) is 6.07 Å². The van der Waals surface area contributed by atoms with Gasteiger partial charge in [0.2, 0.25) is 0 Å². The van der Waals surface area contributed by atoms with E-state index in [0.717, 1.165) is 18.3 Å². The van der Waals surface area contributed by atoms with Crippen LogP contribution in [-0.2, 0) is 6.54 Å². The molecule has 0 aliphatic rings. The maximum Gasteiger partial charge on any atom is 0.356 e. The molecule has 0 fully saturated rings. The van der Waals surface area contributed by atoms with Gasteiger partial charge in [-0.15, -0.1) is 0 Å². The van der Waals surface area contributed by atoms with E-state index in [4.69, 9.17) is 5.11 Å². The molecule has 1 aromatic heterocycles. The first-order chi connectivity index (χ1) is 9.06. The van der Waals surface area contributed by atoms with Crippen molar-refractivity contribution in [2.24, 2.45) is 0 Å². The number of carbonyl (C=O) groups is 1. The first-order valence-electron chi connectivity index (χ1n) is 5.29. The summed E-state index contributed by atoms with van der Waals surface area (Å²) in [6.45, 7) is 0.0905. The summed E-state index contributed by atoms with van der Waals surface area (Å²) < 4.78 is 26.0. The van der Waals surface area contributed by atoms with Crippen LogP contribution < -0.4 is 5.32 Å². The molecular formula is C12H9F2N3O2. The lowest BCUT2D eigenvalue weighted by molar-refractivity contribution is 0.0690. The highest BCUT2D eigenvalue weighted by atomic mass is 19.1. The number of rotatable bonds is 4. The normalized spacial score (nSPS) is 10.2. The van der Waals surface area contributed by atoms with Crippen LogP contribution in [0.2, 0.25) is 0 Å². The van der Waals surface area contributed by atoms with Crippen LogP contribution in [0.25, 0.3) is 0 Å². The second kappa shape index (κ2) is 5.38. The fourth-order valence-electron chi connectivity index (χ4n) is 1.38. The van der Waals surface area contributed by atoms with Crippen LogP contribution >= 0.6 is 0 Å². The van der Waals surface area contributed by atoms with Crippen LogP contribution in [0.3, 0.4) is 0 Å². The predicted molar refractivity (Wildman–Crippen MR) is 62.7 cm³/mol. The predicted octanol–water partition coefficient (Wildman–Crippen LogP) is 2.07. The molecule has 0 amide bonds. The summed E-state index contributed by atoms with van der Waals surface area (Å²) in [6, 6.07) is 3.26. The SMILES string of the molecule is O=C(O)c1cnc(NCc2ccc(F)cc2F)cn1. The van der Waals surface area contributed by atoms with Crippen molar-refractivity contribution in [1.29, 1.82) is 0 Å². The summed E-state index contributed by atoms with van der Waals surface area (Å²) in [7, 11) is 0. The van der Waals surface area contributed by atoms with Crippen molar-refractivity contribution < 1.29 is 18.7 Å². The Morgan fingerprint density at radius 1 is 1.26 bits per heavy atom. The standard InChI is InChI=1S/C12H9F2N3O2/c13-8-2-1-7(9(14)3-8)4-16-11-6-15-10(5-17-11)12(18)19/h1-3,5-6H,4H2,(H,16,17)(H,18,19). The summed E-state index contributed by atoms with van der Waals surface area (Å²) >= 11 is 0. The number of benzene rings is 1. The minimum Gasteiger partial charge on any atom is -0.476 e. The van der Waals surface area contributed by atoms with Crippen LogP contribution in [-0.4, -0.2) is 21.0 Å². The summed E-state index contributed by atoms with van der Waals surface area (Å²) in [4.78, 5) is 18.0. The zero-order valence-electron chi connectivity index (χ0n) is 9.60. The minimum absolute atomic E-state index is 0.0905. The second-order valence-corrected chi connectivity index (χ2v) is 3.68. The number of aromatic carboxylic acids is 1. The van der Waals surface area contributed by atoms with Gasteiger partial charge in [0.1, 0.15) is 17.5 Å². The van der Waals surface area contributed by atoms with Gasteiger partial charge in [-0.2, -0.15) is 0 Å². The van der Waals surface area contributed by atoms with E-state index in [1.807, 2.05) is 0 Å². The summed E-state index contributed by atoms with van der Waals surface area (Å²) in [6.07, 6.45) is 2.32. The molecule has 5 nitrogen and oxygen atoms in total. The molecule has 2 aromatic rings. The Morgan fingerprint density at radius 3 is 2.63 bits per heavy atom. The lowest BCUT2D eigenvalue weighted by atomic mass is 10.2. The van der Waals surface area contributed by atoms with E-state index in [-0.39, 0.29) is 17.8 Å². The van der Waals surface area contributed by atoms with Gasteiger partial charge < -0.3 is 10.4 Å². The van der Waals surface area contributed by atoms with Crippen molar-refractivity contribution in [3.8, 4) is 0 Å². The maximum atomic E-state index is 13.3. The summed E-state index contributed by atoms with van der Waals surface area (Å²) in [5.41, 5.74) is 0.0871. The fourth-order valence-corrected chi connectivity index (χ4v) is 1.38. The van der Waals surface area contributed by atoms with Gasteiger partial charge >= 0.3 is 5.97 Å². The molecule has 0 bridgehead atoms. The molecule has 0 aliphatic heterocycles. The van der Waals surface area contributed by atoms with Crippen molar-refractivity contribution in [3.63, 3.8) is 0 Å². The van der Waals surface area contributed by atoms with Crippen molar-refractivity contribution in [2.75, 3.05) is 5.32 Å². The summed E-state index contributed by atoms with van der Waals surface area (Å²) in [5.74, 6) is -2.19. The van der Waals surface area contributed by atoms with Gasteiger partial charge in [0, 0.05) is 18.2 Å². The molecule has 98 valence electrons. The van der Waals surface area contributed by atoms with E-state index in [2.05, 4.69) is 15.3 Å². The van der Waals surface area contributed by atoms with E-state index in [9.17, 15) is 13.6 Å². The number of aromatic nitrogens is 2. The molecule has 0 saturated carbocycles. The number of hydrogen-bond acceptors (Lipinski definition) is 4. The van der Waals surface area contributed by atoms with E-state index in [0.29, 0.717) is 5.82 Å². The number of carboxylic acid groups (broad SMARTS) is 1. The third kappa shape index (κ3) is 3.21. The number of anilines is 1. The molecule has 2 rings (SSSR count). The average molecular weight is 265 g/mol. The van der Waals surface area contributed by atoms with Crippen molar-refractivity contribution in [3.05, 3.63) is 53.5 Å². The van der Waals surface area contributed by atoms with Gasteiger partial charge in [0.15, 0.2) is 5.69 Å². The highest BCUT2D eigenvalue weighted by Gasteiger charge is 2.06. The lowest BCUT2D eigenvalue weighted by Gasteiger charge is -2.06. The number of hydrogen-bond donors (Lipinski definition) is 2. The van der Waals surface area contributed by atoms with Gasteiger partial charge in [-0.3, -0.25) is 0 Å². The average Bonchev–Trinajstić information content (AvgIpc) is 2.38. The monoisotopic (exact) mass is 265 g/mol. The van der Waals surface area contributed by atoms with Crippen molar-refractivity contribution in [2.45, 2.75) is 6.54 Å². The molecule has 2 N–H and O–H groups in total. The highest BCUT2D eigenvalue weighted by Crippen LogP contribution is 2.11.